The molecule has 1 N–H and O–H groups in total. The van der Waals surface area contributed by atoms with E-state index in [1.807, 2.05) is 40.7 Å². The molecule has 1 fully saturated rings. The molecular formula is C24H34N2O5. The number of likely N-dealkylation sites (tertiary alicyclic amines) is 1. The lowest BCUT2D eigenvalue weighted by molar-refractivity contribution is -0.164. The third-order valence-corrected chi connectivity index (χ3v) is 5.54. The molecule has 7 heteroatoms. The maximum absolute atomic E-state index is 13.0. The Kier molecular flexibility index (Phi) is 7.29. The standard InChI is InChI=1S/C24H34N2O5/c1-15(2)20(25-21(29)17-10-8-9-16(3)11-17)22(30)31-14-19(28)26-23(4,5)12-18(27)13-24(26,6)7/h8-11,15,20H,12-14H2,1-7H3,(H,25,29)/t20-/m0/s1. The van der Waals surface area contributed by atoms with E-state index < -0.39 is 29.7 Å². The van der Waals surface area contributed by atoms with E-state index in [-0.39, 0.29) is 36.4 Å². The van der Waals surface area contributed by atoms with Gasteiger partial charge in [0.1, 0.15) is 11.8 Å². The molecule has 0 spiro atoms. The second-order valence-corrected chi connectivity index (χ2v) is 9.92. The number of benzene rings is 1. The minimum Gasteiger partial charge on any atom is -0.454 e. The van der Waals surface area contributed by atoms with Gasteiger partial charge >= 0.3 is 5.97 Å². The van der Waals surface area contributed by atoms with Gasteiger partial charge in [-0.15, -0.1) is 0 Å². The molecule has 0 bridgehead atoms. The van der Waals surface area contributed by atoms with Gasteiger partial charge in [0, 0.05) is 29.5 Å². The molecule has 31 heavy (non-hydrogen) atoms. The molecule has 0 unspecified atom stereocenters. The van der Waals surface area contributed by atoms with E-state index in [4.69, 9.17) is 4.74 Å². The quantitative estimate of drug-likeness (QED) is 0.700. The van der Waals surface area contributed by atoms with Gasteiger partial charge < -0.3 is 15.0 Å². The fourth-order valence-corrected chi connectivity index (χ4v) is 4.48. The second-order valence-electron chi connectivity index (χ2n) is 9.92. The minimum absolute atomic E-state index is 0.106. The van der Waals surface area contributed by atoms with E-state index in [2.05, 4.69) is 5.32 Å². The number of nitrogens with one attached hydrogen (secondary N) is 1. The molecule has 1 aromatic rings. The highest BCUT2D eigenvalue weighted by Crippen LogP contribution is 2.36. The fourth-order valence-electron chi connectivity index (χ4n) is 4.48. The van der Waals surface area contributed by atoms with Gasteiger partial charge in [-0.2, -0.15) is 0 Å². The van der Waals surface area contributed by atoms with Crippen LogP contribution in [0.4, 0.5) is 0 Å². The van der Waals surface area contributed by atoms with Crippen LogP contribution in [0.15, 0.2) is 24.3 Å². The normalized spacial score (nSPS) is 18.5. The van der Waals surface area contributed by atoms with E-state index in [0.717, 1.165) is 5.56 Å². The molecule has 0 aliphatic carbocycles. The number of piperidine rings is 1. The molecule has 1 aliphatic heterocycles. The molecule has 1 heterocycles. The van der Waals surface area contributed by atoms with Crippen LogP contribution in [-0.4, -0.2) is 52.2 Å². The molecule has 170 valence electrons. The van der Waals surface area contributed by atoms with Crippen molar-refractivity contribution >= 4 is 23.6 Å². The summed E-state index contributed by atoms with van der Waals surface area (Å²) in [6.45, 7) is 12.4. The van der Waals surface area contributed by atoms with Crippen LogP contribution in [-0.2, 0) is 19.1 Å². The summed E-state index contributed by atoms with van der Waals surface area (Å²) in [7, 11) is 0. The van der Waals surface area contributed by atoms with Gasteiger partial charge in [0.2, 0.25) is 0 Å². The number of hydrogen-bond donors (Lipinski definition) is 1. The summed E-state index contributed by atoms with van der Waals surface area (Å²) in [5, 5.41) is 2.72. The van der Waals surface area contributed by atoms with Crippen LogP contribution in [0.5, 0.6) is 0 Å². The maximum atomic E-state index is 13.0. The van der Waals surface area contributed by atoms with Crippen molar-refractivity contribution in [2.75, 3.05) is 6.61 Å². The summed E-state index contributed by atoms with van der Waals surface area (Å²) < 4.78 is 5.32. The molecule has 0 saturated carbocycles. The Morgan fingerprint density at radius 2 is 1.68 bits per heavy atom. The van der Waals surface area contributed by atoms with Crippen LogP contribution in [0.3, 0.4) is 0 Å². The van der Waals surface area contributed by atoms with E-state index in [1.54, 1.807) is 36.9 Å². The number of aryl methyl sites for hydroxylation is 1. The van der Waals surface area contributed by atoms with Crippen LogP contribution in [0.25, 0.3) is 0 Å². The number of nitrogens with zero attached hydrogens (tertiary/aromatic N) is 1. The van der Waals surface area contributed by atoms with Gasteiger partial charge in [-0.3, -0.25) is 14.4 Å². The Morgan fingerprint density at radius 1 is 1.10 bits per heavy atom. The van der Waals surface area contributed by atoms with Crippen molar-refractivity contribution in [3.63, 3.8) is 0 Å². The lowest BCUT2D eigenvalue weighted by Gasteiger charge is -2.52. The lowest BCUT2D eigenvalue weighted by Crippen LogP contribution is -2.64. The third-order valence-electron chi connectivity index (χ3n) is 5.54. The molecular weight excluding hydrogens is 396 g/mol. The largest absolute Gasteiger partial charge is 0.454 e. The zero-order valence-electron chi connectivity index (χ0n) is 19.6. The number of amides is 2. The first-order valence-electron chi connectivity index (χ1n) is 10.6. The van der Waals surface area contributed by atoms with Gasteiger partial charge in [0.05, 0.1) is 0 Å². The van der Waals surface area contributed by atoms with E-state index in [9.17, 15) is 19.2 Å². The number of ether oxygens (including phenoxy) is 1. The zero-order valence-corrected chi connectivity index (χ0v) is 19.6. The molecule has 1 atom stereocenters. The number of carbonyl (C=O) groups excluding carboxylic acids is 4. The predicted molar refractivity (Wildman–Crippen MR) is 117 cm³/mol. The van der Waals surface area contributed by atoms with Gasteiger partial charge in [0.15, 0.2) is 6.61 Å². The Labute approximate surface area is 184 Å². The summed E-state index contributed by atoms with van der Waals surface area (Å²) in [6, 6.07) is 6.19. The number of Topliss-reactive ketones (excluding diaryl/α,β-unsaturated/α-hetero) is 1. The summed E-state index contributed by atoms with van der Waals surface area (Å²) >= 11 is 0. The van der Waals surface area contributed by atoms with Gasteiger partial charge in [0.25, 0.3) is 11.8 Å². The Hall–Kier alpha value is -2.70. The van der Waals surface area contributed by atoms with Crippen LogP contribution in [0.1, 0.15) is 70.3 Å². The second kappa shape index (κ2) is 9.20. The Balaban J connectivity index is 2.07. The van der Waals surface area contributed by atoms with Crippen molar-refractivity contribution in [3.8, 4) is 0 Å². The number of rotatable bonds is 6. The van der Waals surface area contributed by atoms with Crippen molar-refractivity contribution in [1.29, 1.82) is 0 Å². The van der Waals surface area contributed by atoms with Crippen molar-refractivity contribution in [1.82, 2.24) is 10.2 Å². The zero-order chi connectivity index (χ0) is 23.6. The Bertz CT molecular complexity index is 852. The average molecular weight is 431 g/mol. The monoisotopic (exact) mass is 430 g/mol. The van der Waals surface area contributed by atoms with Crippen molar-refractivity contribution < 1.29 is 23.9 Å². The number of carbonyl (C=O) groups is 4. The number of ketones is 1. The molecule has 1 saturated heterocycles. The van der Waals surface area contributed by atoms with Crippen LogP contribution >= 0.6 is 0 Å². The molecule has 7 nitrogen and oxygen atoms in total. The van der Waals surface area contributed by atoms with E-state index in [1.165, 1.54) is 0 Å². The first-order chi connectivity index (χ1) is 14.2. The summed E-state index contributed by atoms with van der Waals surface area (Å²) in [5.74, 6) is -1.51. The predicted octanol–water partition coefficient (Wildman–Crippen LogP) is 3.04. The molecule has 1 aromatic carbocycles. The average Bonchev–Trinajstić information content (AvgIpc) is 2.61. The first kappa shape index (κ1) is 24.6. The SMILES string of the molecule is Cc1cccc(C(=O)N[C@H](C(=O)OCC(=O)N2C(C)(C)CC(=O)CC2(C)C)C(C)C)c1. The van der Waals surface area contributed by atoms with Crippen molar-refractivity contribution in [2.24, 2.45) is 5.92 Å². The van der Waals surface area contributed by atoms with Crippen LogP contribution in [0.2, 0.25) is 0 Å². The number of hydrogen-bond acceptors (Lipinski definition) is 5. The smallest absolute Gasteiger partial charge is 0.329 e. The first-order valence-corrected chi connectivity index (χ1v) is 10.6. The van der Waals surface area contributed by atoms with E-state index in [0.29, 0.717) is 5.56 Å². The van der Waals surface area contributed by atoms with E-state index >= 15 is 0 Å². The van der Waals surface area contributed by atoms with Crippen molar-refractivity contribution in [2.45, 2.75) is 78.4 Å². The molecule has 2 amide bonds. The molecule has 0 radical (unpaired) electrons. The summed E-state index contributed by atoms with van der Waals surface area (Å²) in [4.78, 5) is 52.0. The van der Waals surface area contributed by atoms with Crippen LogP contribution in [0, 0.1) is 12.8 Å². The summed E-state index contributed by atoms with van der Waals surface area (Å²) in [6.07, 6.45) is 0.522. The van der Waals surface area contributed by atoms with Gasteiger partial charge in [-0.1, -0.05) is 31.5 Å². The van der Waals surface area contributed by atoms with Gasteiger partial charge in [-0.05, 0) is 52.7 Å². The molecule has 2 rings (SSSR count). The third kappa shape index (κ3) is 5.93. The highest BCUT2D eigenvalue weighted by Gasteiger charge is 2.47. The van der Waals surface area contributed by atoms with Crippen LogP contribution < -0.4 is 5.32 Å². The highest BCUT2D eigenvalue weighted by molar-refractivity contribution is 5.97. The molecule has 0 aromatic heterocycles. The Morgan fingerprint density at radius 3 is 2.19 bits per heavy atom. The topological polar surface area (TPSA) is 92.8 Å². The molecule has 1 aliphatic rings. The lowest BCUT2D eigenvalue weighted by atomic mass is 9.79. The fraction of sp³-hybridized carbons (Fsp3) is 0.583. The van der Waals surface area contributed by atoms with Gasteiger partial charge in [-0.25, -0.2) is 4.79 Å². The maximum Gasteiger partial charge on any atom is 0.329 e. The highest BCUT2D eigenvalue weighted by atomic mass is 16.5. The number of esters is 1. The summed E-state index contributed by atoms with van der Waals surface area (Å²) in [5.41, 5.74) is 0.0568. The van der Waals surface area contributed by atoms with Crippen molar-refractivity contribution in [3.05, 3.63) is 35.4 Å². The minimum atomic E-state index is -0.884.